The van der Waals surface area contributed by atoms with E-state index in [1.165, 1.54) is 25.3 Å². The Labute approximate surface area is 194 Å². The van der Waals surface area contributed by atoms with Gasteiger partial charge in [0.25, 0.3) is 0 Å². The van der Waals surface area contributed by atoms with Crippen molar-refractivity contribution in [2.24, 2.45) is 15.9 Å². The molecule has 1 aromatic heterocycles. The van der Waals surface area contributed by atoms with E-state index in [1.807, 2.05) is 0 Å². The molecule has 2 aliphatic heterocycles. The van der Waals surface area contributed by atoms with Gasteiger partial charge in [-0.15, -0.1) is 0 Å². The van der Waals surface area contributed by atoms with E-state index in [4.69, 9.17) is 22.1 Å². The standard InChI is InChI=1S/C21H21ClF2N4O4S/c1-20(11-33(30,31)21(19(25)27-20)4-5-32-10-21)14-6-12(2-3-15(14)23)7-17(28-29)18-16(24)8-13(22)9-26-18/h2-3,6,8-9,29H,4-5,7,10-11H2,1H3,(H2,25,27)/b28-17+/t20-,21+/m0/s1. The maximum atomic E-state index is 14.9. The number of hydrogen-bond acceptors (Lipinski definition) is 8. The molecule has 0 aliphatic carbocycles. The Balaban J connectivity index is 1.73. The third kappa shape index (κ3) is 3.98. The first-order valence-corrected chi connectivity index (χ1v) is 12.0. The number of amidine groups is 1. The summed E-state index contributed by atoms with van der Waals surface area (Å²) in [5.41, 5.74) is 4.72. The number of aromatic nitrogens is 1. The van der Waals surface area contributed by atoms with Crippen LogP contribution in [0.5, 0.6) is 0 Å². The number of aliphatic imine (C=N–C) groups is 1. The lowest BCUT2D eigenvalue weighted by Crippen LogP contribution is -2.58. The smallest absolute Gasteiger partial charge is 0.168 e. The first kappa shape index (κ1) is 23.5. The number of nitrogens with zero attached hydrogens (tertiary/aromatic N) is 3. The zero-order valence-corrected chi connectivity index (χ0v) is 19.1. The molecule has 1 aromatic carbocycles. The molecule has 0 unspecified atom stereocenters. The highest BCUT2D eigenvalue weighted by Gasteiger charge is 2.57. The molecule has 0 radical (unpaired) electrons. The highest BCUT2D eigenvalue weighted by Crippen LogP contribution is 2.41. The predicted octanol–water partition coefficient (Wildman–Crippen LogP) is 2.59. The van der Waals surface area contributed by atoms with E-state index in [2.05, 4.69) is 15.1 Å². The van der Waals surface area contributed by atoms with Gasteiger partial charge in [0.15, 0.2) is 20.4 Å². The Kier molecular flexibility index (Phi) is 5.92. The highest BCUT2D eigenvalue weighted by atomic mass is 35.5. The maximum absolute atomic E-state index is 14.9. The molecule has 2 aromatic rings. The Morgan fingerprint density at radius 2 is 2.09 bits per heavy atom. The van der Waals surface area contributed by atoms with Crippen molar-refractivity contribution in [3.8, 4) is 0 Å². The lowest BCUT2D eigenvalue weighted by atomic mass is 9.90. The monoisotopic (exact) mass is 498 g/mol. The Morgan fingerprint density at radius 1 is 1.33 bits per heavy atom. The van der Waals surface area contributed by atoms with Crippen LogP contribution in [0.2, 0.25) is 5.02 Å². The average Bonchev–Trinajstić information content (AvgIpc) is 3.24. The fourth-order valence-corrected chi connectivity index (χ4v) is 6.68. The van der Waals surface area contributed by atoms with Crippen LogP contribution in [-0.2, 0) is 26.5 Å². The Hall–Kier alpha value is -2.63. The molecule has 2 aliphatic rings. The number of hydrogen-bond donors (Lipinski definition) is 2. The summed E-state index contributed by atoms with van der Waals surface area (Å²) in [4.78, 5) is 8.28. The minimum absolute atomic E-state index is 0.00196. The molecular formula is C21H21ClF2N4O4S. The second-order valence-corrected chi connectivity index (χ2v) is 11.1. The molecule has 1 spiro atoms. The first-order chi connectivity index (χ1) is 15.5. The maximum Gasteiger partial charge on any atom is 0.168 e. The number of halogens is 3. The average molecular weight is 499 g/mol. The summed E-state index contributed by atoms with van der Waals surface area (Å²) in [5, 5.41) is 12.6. The van der Waals surface area contributed by atoms with Gasteiger partial charge in [-0.25, -0.2) is 17.2 Å². The number of nitrogens with two attached hydrogens (primary N) is 1. The van der Waals surface area contributed by atoms with Gasteiger partial charge >= 0.3 is 0 Å². The van der Waals surface area contributed by atoms with E-state index < -0.39 is 37.5 Å². The van der Waals surface area contributed by atoms with Crippen molar-refractivity contribution < 1.29 is 27.1 Å². The number of ether oxygens (including phenoxy) is 1. The zero-order chi connectivity index (χ0) is 24.0. The highest BCUT2D eigenvalue weighted by molar-refractivity contribution is 7.93. The molecule has 2 atom stereocenters. The molecule has 0 saturated carbocycles. The quantitative estimate of drug-likeness (QED) is 0.379. The molecule has 0 amide bonds. The van der Waals surface area contributed by atoms with Gasteiger partial charge in [0, 0.05) is 24.8 Å². The van der Waals surface area contributed by atoms with E-state index in [0.717, 1.165) is 12.1 Å². The van der Waals surface area contributed by atoms with E-state index in [1.54, 1.807) is 0 Å². The van der Waals surface area contributed by atoms with Crippen molar-refractivity contribution in [2.45, 2.75) is 30.1 Å². The summed E-state index contributed by atoms with van der Waals surface area (Å²) in [6, 6.07) is 5.00. The van der Waals surface area contributed by atoms with Gasteiger partial charge in [0.05, 0.1) is 17.4 Å². The van der Waals surface area contributed by atoms with Gasteiger partial charge in [-0.3, -0.25) is 9.98 Å². The summed E-state index contributed by atoms with van der Waals surface area (Å²) < 4.78 is 59.4. The molecule has 0 bridgehead atoms. The number of rotatable bonds is 4. The molecule has 3 N–H and O–H groups in total. The summed E-state index contributed by atoms with van der Waals surface area (Å²) >= 11 is 5.72. The second-order valence-electron chi connectivity index (χ2n) is 8.35. The molecule has 12 heteroatoms. The molecule has 176 valence electrons. The van der Waals surface area contributed by atoms with Crippen molar-refractivity contribution in [1.82, 2.24) is 4.98 Å². The van der Waals surface area contributed by atoms with E-state index in [0.29, 0.717) is 5.56 Å². The molecule has 1 fully saturated rings. The van der Waals surface area contributed by atoms with Gasteiger partial charge < -0.3 is 15.7 Å². The lowest BCUT2D eigenvalue weighted by Gasteiger charge is -2.39. The van der Waals surface area contributed by atoms with Crippen molar-refractivity contribution in [3.63, 3.8) is 0 Å². The van der Waals surface area contributed by atoms with Crippen LogP contribution in [0.25, 0.3) is 0 Å². The van der Waals surface area contributed by atoms with Gasteiger partial charge in [-0.05, 0) is 31.0 Å². The second kappa shape index (κ2) is 8.30. The van der Waals surface area contributed by atoms with Crippen LogP contribution in [-0.4, -0.2) is 53.9 Å². The van der Waals surface area contributed by atoms with Crippen LogP contribution in [0.1, 0.15) is 30.2 Å². The fraction of sp³-hybridized carbons (Fsp3) is 0.381. The third-order valence-corrected chi connectivity index (χ3v) is 8.94. The normalized spacial score (nSPS) is 27.0. The zero-order valence-electron chi connectivity index (χ0n) is 17.6. The fourth-order valence-electron chi connectivity index (χ4n) is 4.28. The summed E-state index contributed by atoms with van der Waals surface area (Å²) in [6.07, 6.45) is 1.28. The molecule has 8 nitrogen and oxygen atoms in total. The largest absolute Gasteiger partial charge is 0.411 e. The topological polar surface area (TPSA) is 127 Å². The van der Waals surface area contributed by atoms with Gasteiger partial charge in [-0.1, -0.05) is 28.9 Å². The van der Waals surface area contributed by atoms with E-state index >= 15 is 0 Å². The number of oxime groups is 1. The van der Waals surface area contributed by atoms with Crippen LogP contribution in [0.15, 0.2) is 40.6 Å². The van der Waals surface area contributed by atoms with E-state index in [-0.39, 0.29) is 53.9 Å². The predicted molar refractivity (Wildman–Crippen MR) is 119 cm³/mol. The lowest BCUT2D eigenvalue weighted by molar-refractivity contribution is 0.194. The molecule has 1 saturated heterocycles. The van der Waals surface area contributed by atoms with Crippen LogP contribution >= 0.6 is 11.6 Å². The summed E-state index contributed by atoms with van der Waals surface area (Å²) in [6.45, 7) is 1.65. The molecular weight excluding hydrogens is 478 g/mol. The van der Waals surface area contributed by atoms with Crippen molar-refractivity contribution in [3.05, 3.63) is 63.9 Å². The number of benzene rings is 1. The molecule has 3 heterocycles. The van der Waals surface area contributed by atoms with Crippen LogP contribution in [0.3, 0.4) is 0 Å². The Morgan fingerprint density at radius 3 is 2.70 bits per heavy atom. The van der Waals surface area contributed by atoms with Crippen molar-refractivity contribution in [2.75, 3.05) is 19.0 Å². The van der Waals surface area contributed by atoms with Crippen LogP contribution in [0, 0.1) is 11.6 Å². The van der Waals surface area contributed by atoms with Crippen molar-refractivity contribution in [1.29, 1.82) is 0 Å². The van der Waals surface area contributed by atoms with Crippen LogP contribution < -0.4 is 5.73 Å². The first-order valence-electron chi connectivity index (χ1n) is 9.98. The minimum Gasteiger partial charge on any atom is -0.411 e. The molecule has 4 rings (SSSR count). The van der Waals surface area contributed by atoms with Gasteiger partial charge in [-0.2, -0.15) is 0 Å². The number of pyridine rings is 1. The molecule has 33 heavy (non-hydrogen) atoms. The summed E-state index contributed by atoms with van der Waals surface area (Å²) in [5.74, 6) is -2.03. The van der Waals surface area contributed by atoms with Gasteiger partial charge in [0.2, 0.25) is 0 Å². The van der Waals surface area contributed by atoms with Crippen molar-refractivity contribution >= 4 is 33.0 Å². The van der Waals surface area contributed by atoms with E-state index in [9.17, 15) is 22.4 Å². The number of sulfone groups is 1. The van der Waals surface area contributed by atoms with Crippen LogP contribution in [0.4, 0.5) is 8.78 Å². The minimum atomic E-state index is -3.82. The SMILES string of the molecule is C[C@@]1(c2cc(C/C(=N\O)c3ncc(Cl)cc3F)ccc2F)CS(=O)(=O)[C@@]2(CCOC2)C(N)=N1. The Bertz CT molecular complexity index is 1280. The van der Waals surface area contributed by atoms with Gasteiger partial charge in [0.1, 0.15) is 28.6 Å². The summed E-state index contributed by atoms with van der Waals surface area (Å²) in [7, 11) is -3.82. The third-order valence-electron chi connectivity index (χ3n) is 6.07.